The van der Waals surface area contributed by atoms with Crippen LogP contribution in [0.4, 0.5) is 4.39 Å². The van der Waals surface area contributed by atoms with Crippen LogP contribution in [-0.2, 0) is 4.59 Å². The van der Waals surface area contributed by atoms with Crippen LogP contribution in [-0.4, -0.2) is 16.3 Å². The molecular weight excluding hydrogens is 310 g/mol. The molecule has 1 N–H and O–H groups in total. The van der Waals surface area contributed by atoms with Crippen LogP contribution in [0.1, 0.15) is 41.8 Å². The van der Waals surface area contributed by atoms with Gasteiger partial charge in [0, 0.05) is 15.7 Å². The first-order chi connectivity index (χ1) is 8.68. The average Bonchev–Trinajstić information content (AvgIpc) is 2.29. The first-order valence-electron chi connectivity index (χ1n) is 5.79. The predicted octanol–water partition coefficient (Wildman–Crippen LogP) is 5.14. The number of aromatic carboxylic acids is 1. The zero-order valence-corrected chi connectivity index (χ0v) is 13.2. The van der Waals surface area contributed by atoms with E-state index in [0.717, 1.165) is 6.42 Å². The van der Waals surface area contributed by atoms with Crippen LogP contribution in [0.25, 0.3) is 0 Å². The Balaban J connectivity index is 3.42. The Bertz CT molecular complexity index is 486. The number of benzene rings is 1. The third kappa shape index (κ3) is 4.01. The number of hydrogen-bond acceptors (Lipinski definition) is 2. The summed E-state index contributed by atoms with van der Waals surface area (Å²) in [4.78, 5) is 11.6. The molecular formula is C13H15Cl2FO2S. The van der Waals surface area contributed by atoms with E-state index in [0.29, 0.717) is 10.5 Å². The third-order valence-corrected chi connectivity index (χ3v) is 4.74. The number of halogens is 3. The molecule has 0 aromatic heterocycles. The topological polar surface area (TPSA) is 37.3 Å². The summed E-state index contributed by atoms with van der Waals surface area (Å²) in [6, 6.07) is 2.66. The van der Waals surface area contributed by atoms with Gasteiger partial charge in [-0.25, -0.2) is 9.18 Å². The van der Waals surface area contributed by atoms with E-state index in [2.05, 4.69) is 0 Å². The Morgan fingerprint density at radius 3 is 2.53 bits per heavy atom. The molecule has 1 rings (SSSR count). The zero-order valence-electron chi connectivity index (χ0n) is 10.8. The van der Waals surface area contributed by atoms with E-state index in [-0.39, 0.29) is 16.4 Å². The Morgan fingerprint density at radius 1 is 1.53 bits per heavy atom. The summed E-state index contributed by atoms with van der Waals surface area (Å²) in [6.07, 6.45) is 0.866. The molecule has 0 saturated carbocycles. The smallest absolute Gasteiger partial charge is 0.335 e. The van der Waals surface area contributed by atoms with E-state index in [1.165, 1.54) is 23.9 Å². The minimum absolute atomic E-state index is 0.101. The Morgan fingerprint density at radius 2 is 2.11 bits per heavy atom. The minimum atomic E-state index is -2.53. The fraction of sp³-hybridized carbons (Fsp3) is 0.462. The van der Waals surface area contributed by atoms with E-state index < -0.39 is 10.6 Å². The van der Waals surface area contributed by atoms with E-state index in [1.807, 2.05) is 13.8 Å². The van der Waals surface area contributed by atoms with Crippen molar-refractivity contribution in [3.8, 4) is 0 Å². The lowest BCUT2D eigenvalue weighted by Gasteiger charge is -2.20. The maximum atomic E-state index is 13.8. The molecule has 0 heterocycles. The number of thioether (sulfide) groups is 1. The van der Waals surface area contributed by atoms with Crippen molar-refractivity contribution in [3.05, 3.63) is 28.8 Å². The van der Waals surface area contributed by atoms with Crippen molar-refractivity contribution >= 4 is 40.9 Å². The normalized spacial score (nSPS) is 13.4. The Labute approximate surface area is 126 Å². The van der Waals surface area contributed by atoms with Crippen LogP contribution in [0.3, 0.4) is 0 Å². The molecule has 0 aliphatic carbocycles. The Hall–Kier alpha value is -0.450. The molecule has 0 aliphatic heterocycles. The van der Waals surface area contributed by atoms with Crippen molar-refractivity contribution < 1.29 is 14.3 Å². The monoisotopic (exact) mass is 324 g/mol. The summed E-state index contributed by atoms with van der Waals surface area (Å²) in [5.41, 5.74) is 0.717. The van der Waals surface area contributed by atoms with E-state index >= 15 is 0 Å². The van der Waals surface area contributed by atoms with E-state index in [4.69, 9.17) is 28.3 Å². The molecule has 0 aliphatic rings. The van der Waals surface area contributed by atoms with Crippen molar-refractivity contribution in [2.75, 3.05) is 0 Å². The minimum Gasteiger partial charge on any atom is -0.478 e. The fourth-order valence-electron chi connectivity index (χ4n) is 1.58. The molecule has 0 spiro atoms. The number of rotatable bonds is 5. The molecule has 0 radical (unpaired) electrons. The van der Waals surface area contributed by atoms with Gasteiger partial charge in [-0.15, -0.1) is 11.8 Å². The van der Waals surface area contributed by atoms with Gasteiger partial charge in [0.25, 0.3) is 4.59 Å². The molecule has 0 bridgehead atoms. The lowest BCUT2D eigenvalue weighted by atomic mass is 10.1. The van der Waals surface area contributed by atoms with Crippen molar-refractivity contribution in [1.29, 1.82) is 0 Å². The quantitative estimate of drug-likeness (QED) is 0.601. The van der Waals surface area contributed by atoms with Crippen LogP contribution in [0.5, 0.6) is 0 Å². The maximum Gasteiger partial charge on any atom is 0.335 e. The van der Waals surface area contributed by atoms with Gasteiger partial charge in [0.1, 0.15) is 0 Å². The maximum absolute atomic E-state index is 13.8. The highest BCUT2D eigenvalue weighted by Gasteiger charge is 2.31. The molecule has 0 saturated heterocycles. The molecule has 106 valence electrons. The predicted molar refractivity (Wildman–Crippen MR) is 78.2 cm³/mol. The van der Waals surface area contributed by atoms with Gasteiger partial charge in [-0.3, -0.25) is 0 Å². The largest absolute Gasteiger partial charge is 0.478 e. The number of carboxylic acid groups (broad SMARTS) is 1. The third-order valence-electron chi connectivity index (χ3n) is 2.84. The van der Waals surface area contributed by atoms with Gasteiger partial charge in [0.05, 0.1) is 5.56 Å². The highest BCUT2D eigenvalue weighted by Crippen LogP contribution is 2.44. The summed E-state index contributed by atoms with van der Waals surface area (Å²) in [5, 5.41) is 9.31. The molecule has 1 atom stereocenters. The van der Waals surface area contributed by atoms with Gasteiger partial charge in [-0.1, -0.05) is 43.1 Å². The number of alkyl halides is 3. The average molecular weight is 325 g/mol. The first-order valence-corrected chi connectivity index (χ1v) is 7.42. The van der Waals surface area contributed by atoms with Crippen LogP contribution in [0, 0.1) is 6.92 Å². The summed E-state index contributed by atoms with van der Waals surface area (Å²) in [5.74, 6) is -1.05. The van der Waals surface area contributed by atoms with Gasteiger partial charge in [0.15, 0.2) is 0 Å². The SMILES string of the molecule is CC[C@H](C)Sc1c(C(F)(Cl)Cl)ccc(C(=O)O)c1C. The molecule has 1 aromatic carbocycles. The molecule has 0 fully saturated rings. The van der Waals surface area contributed by atoms with Crippen LogP contribution < -0.4 is 0 Å². The van der Waals surface area contributed by atoms with Crippen molar-refractivity contribution in [2.24, 2.45) is 0 Å². The lowest BCUT2D eigenvalue weighted by molar-refractivity contribution is 0.0695. The van der Waals surface area contributed by atoms with Crippen LogP contribution in [0.15, 0.2) is 17.0 Å². The second kappa shape index (κ2) is 6.33. The fourth-order valence-corrected chi connectivity index (χ4v) is 3.20. The van der Waals surface area contributed by atoms with Crippen LogP contribution in [0.2, 0.25) is 0 Å². The van der Waals surface area contributed by atoms with Crippen molar-refractivity contribution in [3.63, 3.8) is 0 Å². The van der Waals surface area contributed by atoms with Gasteiger partial charge < -0.3 is 5.11 Å². The molecule has 6 heteroatoms. The standard InChI is InChI=1S/C13H15Cl2FO2S/c1-4-7(2)19-11-8(3)9(12(17)18)5-6-10(11)13(14,15)16/h5-7H,4H2,1-3H3,(H,17,18)/t7-/m0/s1. The van der Waals surface area contributed by atoms with Gasteiger partial charge in [-0.05, 0) is 25.0 Å². The highest BCUT2D eigenvalue weighted by molar-refractivity contribution is 8.00. The first kappa shape index (κ1) is 16.6. The van der Waals surface area contributed by atoms with Gasteiger partial charge >= 0.3 is 5.97 Å². The van der Waals surface area contributed by atoms with Gasteiger partial charge in [0.2, 0.25) is 0 Å². The molecule has 0 unspecified atom stereocenters. The summed E-state index contributed by atoms with van der Waals surface area (Å²) in [7, 11) is 0. The highest BCUT2D eigenvalue weighted by atomic mass is 35.5. The van der Waals surface area contributed by atoms with Crippen molar-refractivity contribution in [1.82, 2.24) is 0 Å². The van der Waals surface area contributed by atoms with Gasteiger partial charge in [-0.2, -0.15) is 0 Å². The summed E-state index contributed by atoms with van der Waals surface area (Å²) < 4.78 is 11.3. The Kier molecular flexibility index (Phi) is 5.53. The molecule has 1 aromatic rings. The zero-order chi connectivity index (χ0) is 14.8. The van der Waals surface area contributed by atoms with Crippen molar-refractivity contribution in [2.45, 2.75) is 41.9 Å². The lowest BCUT2D eigenvalue weighted by Crippen LogP contribution is -2.10. The number of carbonyl (C=O) groups is 1. The molecule has 2 nitrogen and oxygen atoms in total. The number of hydrogen-bond donors (Lipinski definition) is 1. The van der Waals surface area contributed by atoms with E-state index in [1.54, 1.807) is 6.92 Å². The number of carboxylic acids is 1. The van der Waals surface area contributed by atoms with Crippen LogP contribution >= 0.6 is 35.0 Å². The second-order valence-electron chi connectivity index (χ2n) is 4.25. The summed E-state index contributed by atoms with van der Waals surface area (Å²) in [6.45, 7) is 5.61. The molecule has 19 heavy (non-hydrogen) atoms. The summed E-state index contributed by atoms with van der Waals surface area (Å²) >= 11 is 12.4. The second-order valence-corrected chi connectivity index (χ2v) is 6.94. The van der Waals surface area contributed by atoms with E-state index in [9.17, 15) is 9.18 Å². The molecule has 0 amide bonds.